The highest BCUT2D eigenvalue weighted by molar-refractivity contribution is 9.10. The fourth-order valence-corrected chi connectivity index (χ4v) is 4.82. The molecule has 35 heavy (non-hydrogen) atoms. The number of rotatable bonds is 8. The van der Waals surface area contributed by atoms with E-state index in [-0.39, 0.29) is 18.8 Å². The second-order valence-electron chi connectivity index (χ2n) is 8.53. The highest BCUT2D eigenvalue weighted by Gasteiger charge is 2.37. The maximum absolute atomic E-state index is 13.4. The summed E-state index contributed by atoms with van der Waals surface area (Å²) < 4.78 is 41.0. The van der Waals surface area contributed by atoms with Crippen molar-refractivity contribution >= 4 is 54.3 Å². The topological polar surface area (TPSA) is 74.3 Å². The van der Waals surface area contributed by atoms with E-state index in [2.05, 4.69) is 41.7 Å². The van der Waals surface area contributed by atoms with Crippen LogP contribution < -0.4 is 11.1 Å². The number of alkyl halides is 2. The van der Waals surface area contributed by atoms with Gasteiger partial charge in [0.25, 0.3) is 0 Å². The summed E-state index contributed by atoms with van der Waals surface area (Å²) in [5.41, 5.74) is 9.37. The molecule has 0 saturated heterocycles. The van der Waals surface area contributed by atoms with E-state index in [9.17, 15) is 8.78 Å². The van der Waals surface area contributed by atoms with Gasteiger partial charge in [-0.1, -0.05) is 31.9 Å². The number of hydrogen-bond donors (Lipinski definition) is 2. The van der Waals surface area contributed by atoms with Gasteiger partial charge in [0.05, 0.1) is 35.6 Å². The molecule has 3 N–H and O–H groups in total. The van der Waals surface area contributed by atoms with Gasteiger partial charge in [-0.2, -0.15) is 0 Å². The van der Waals surface area contributed by atoms with Gasteiger partial charge < -0.3 is 25.1 Å². The van der Waals surface area contributed by atoms with Gasteiger partial charge >= 0.3 is 0 Å². The van der Waals surface area contributed by atoms with Crippen LogP contribution in [0.4, 0.5) is 20.2 Å². The van der Waals surface area contributed by atoms with Crippen molar-refractivity contribution in [1.29, 1.82) is 0 Å². The van der Waals surface area contributed by atoms with Gasteiger partial charge in [0, 0.05) is 55.0 Å². The fourth-order valence-electron chi connectivity index (χ4n) is 4.11. The minimum atomic E-state index is -2.51. The molecule has 1 fully saturated rings. The Balaban J connectivity index is 0.000000225. The lowest BCUT2D eigenvalue weighted by atomic mass is 9.86. The van der Waals surface area contributed by atoms with E-state index in [1.165, 1.54) is 0 Å². The van der Waals surface area contributed by atoms with Gasteiger partial charge in [-0.15, -0.1) is 0 Å². The average Bonchev–Trinajstić information content (AvgIpc) is 3.18. The number of nitrogens with one attached hydrogen (secondary N) is 1. The summed E-state index contributed by atoms with van der Waals surface area (Å²) >= 11 is 6.86. The van der Waals surface area contributed by atoms with Crippen LogP contribution >= 0.6 is 31.9 Å². The quantitative estimate of drug-likeness (QED) is 0.214. The van der Waals surface area contributed by atoms with Crippen LogP contribution in [0.5, 0.6) is 0 Å². The summed E-state index contributed by atoms with van der Waals surface area (Å²) in [6.45, 7) is 2.70. The number of anilines is 2. The number of nitrogen functional groups attached to an aromatic ring is 1. The minimum Gasteiger partial charge on any atom is -0.397 e. The zero-order chi connectivity index (χ0) is 25.4. The molecule has 3 aromatic rings. The molecule has 1 saturated carbocycles. The number of fused-ring (bicyclic) bond motifs is 1. The van der Waals surface area contributed by atoms with Crippen molar-refractivity contribution in [2.75, 3.05) is 45.0 Å². The molecule has 0 radical (unpaired) electrons. The number of ether oxygens (including phenoxy) is 2. The lowest BCUT2D eigenvalue weighted by Gasteiger charge is -2.28. The molecule has 10 heteroatoms. The first-order chi connectivity index (χ1) is 16.7. The first kappa shape index (κ1) is 27.8. The van der Waals surface area contributed by atoms with Crippen LogP contribution in [-0.2, 0) is 16.0 Å². The van der Waals surface area contributed by atoms with Crippen molar-refractivity contribution in [1.82, 2.24) is 9.55 Å². The third kappa shape index (κ3) is 7.87. The number of nitrogens with two attached hydrogens (primary N) is 1. The Morgan fingerprint density at radius 3 is 2.40 bits per heavy atom. The number of benzene rings is 2. The summed E-state index contributed by atoms with van der Waals surface area (Å²) in [6, 6.07) is 11.7. The van der Waals surface area contributed by atoms with Gasteiger partial charge in [-0.3, -0.25) is 0 Å². The van der Waals surface area contributed by atoms with E-state index in [0.717, 1.165) is 43.7 Å². The number of hydrogen-bond acceptors (Lipinski definition) is 5. The molecule has 0 spiro atoms. The fraction of sp³-hybridized carbons (Fsp3) is 0.480. The number of aromatic nitrogens is 2. The number of nitrogens with zero attached hydrogens (tertiary/aromatic N) is 2. The first-order valence-electron chi connectivity index (χ1n) is 11.5. The van der Waals surface area contributed by atoms with Crippen LogP contribution in [0.1, 0.15) is 37.4 Å². The van der Waals surface area contributed by atoms with Crippen molar-refractivity contribution in [3.63, 3.8) is 0 Å². The van der Waals surface area contributed by atoms with Crippen molar-refractivity contribution in [2.45, 2.75) is 44.1 Å². The van der Waals surface area contributed by atoms with E-state index < -0.39 is 5.92 Å². The predicted octanol–water partition coefficient (Wildman–Crippen LogP) is 6.83. The Morgan fingerprint density at radius 2 is 1.71 bits per heavy atom. The molecule has 0 amide bonds. The maximum atomic E-state index is 13.4. The van der Waals surface area contributed by atoms with E-state index in [0.29, 0.717) is 32.6 Å². The Labute approximate surface area is 221 Å². The first-order valence-corrected chi connectivity index (χ1v) is 13.1. The predicted molar refractivity (Wildman–Crippen MR) is 144 cm³/mol. The highest BCUT2D eigenvalue weighted by atomic mass is 79.9. The van der Waals surface area contributed by atoms with E-state index in [1.807, 2.05) is 36.4 Å². The molecule has 1 aliphatic carbocycles. The van der Waals surface area contributed by atoms with E-state index >= 15 is 0 Å². The molecule has 192 valence electrons. The minimum absolute atomic E-state index is 0.0468. The second kappa shape index (κ2) is 13.0. The summed E-state index contributed by atoms with van der Waals surface area (Å²) in [7, 11) is 3.34. The van der Waals surface area contributed by atoms with Gasteiger partial charge in [0.15, 0.2) is 0 Å². The van der Waals surface area contributed by atoms with Gasteiger partial charge in [-0.05, 0) is 49.2 Å². The maximum Gasteiger partial charge on any atom is 0.248 e. The molecule has 2 aromatic carbocycles. The normalized spacial score (nSPS) is 15.6. The molecule has 1 heterocycles. The smallest absolute Gasteiger partial charge is 0.248 e. The van der Waals surface area contributed by atoms with Crippen LogP contribution in [0.2, 0.25) is 0 Å². The molecule has 6 nitrogen and oxygen atoms in total. The zero-order valence-electron chi connectivity index (χ0n) is 20.0. The Hall–Kier alpha value is -1.75. The standard InChI is InChI=1S/C16H19BrF2N2O.C9H13BrN2O/c1-22-9-8-21-14-10-12(17)2-3-13(14)20-15(21)11-4-6-16(18,19)7-5-11;1-13-5-4-12-9-6-7(10)2-3-8(9)11/h2-3,10-11H,4-9H2,1H3;2-3,6,12H,4-5,11H2,1H3. The summed E-state index contributed by atoms with van der Waals surface area (Å²) in [5.74, 6) is -1.49. The largest absolute Gasteiger partial charge is 0.397 e. The monoisotopic (exact) mass is 616 g/mol. The average molecular weight is 618 g/mol. The van der Waals surface area contributed by atoms with Crippen LogP contribution in [0.25, 0.3) is 11.0 Å². The summed E-state index contributed by atoms with van der Waals surface area (Å²) in [5, 5.41) is 3.17. The third-order valence-electron chi connectivity index (χ3n) is 5.98. The van der Waals surface area contributed by atoms with Gasteiger partial charge in [0.2, 0.25) is 5.92 Å². The van der Waals surface area contributed by atoms with Crippen molar-refractivity contribution in [2.24, 2.45) is 0 Å². The van der Waals surface area contributed by atoms with Crippen LogP contribution in [0.15, 0.2) is 45.3 Å². The molecule has 0 aliphatic heterocycles. The number of methoxy groups -OCH3 is 2. The summed E-state index contributed by atoms with van der Waals surface area (Å²) in [6.07, 6.45) is 0.888. The van der Waals surface area contributed by atoms with Gasteiger partial charge in [-0.25, -0.2) is 13.8 Å². The number of halogens is 4. The van der Waals surface area contributed by atoms with Gasteiger partial charge in [0.1, 0.15) is 5.82 Å². The number of imidazole rings is 1. The third-order valence-corrected chi connectivity index (χ3v) is 6.96. The van der Waals surface area contributed by atoms with E-state index in [1.54, 1.807) is 14.2 Å². The molecular weight excluding hydrogens is 586 g/mol. The Morgan fingerprint density at radius 1 is 1.06 bits per heavy atom. The molecule has 4 rings (SSSR count). The molecular formula is C25H32Br2F2N4O2. The molecule has 0 bridgehead atoms. The second-order valence-corrected chi connectivity index (χ2v) is 10.4. The lowest BCUT2D eigenvalue weighted by molar-refractivity contribution is -0.0390. The Bertz CT molecular complexity index is 1100. The SMILES string of the molecule is COCCNc1cc(Br)ccc1N.COCCn1c(C2CCC(F)(F)CC2)nc2ccc(Br)cc21. The zero-order valence-corrected chi connectivity index (χ0v) is 23.2. The molecule has 0 atom stereocenters. The highest BCUT2D eigenvalue weighted by Crippen LogP contribution is 2.41. The van der Waals surface area contributed by atoms with Crippen molar-refractivity contribution in [3.8, 4) is 0 Å². The van der Waals surface area contributed by atoms with Crippen LogP contribution in [0.3, 0.4) is 0 Å². The lowest BCUT2D eigenvalue weighted by Crippen LogP contribution is -2.25. The van der Waals surface area contributed by atoms with Crippen LogP contribution in [0, 0.1) is 0 Å². The summed E-state index contributed by atoms with van der Waals surface area (Å²) in [4.78, 5) is 4.72. The van der Waals surface area contributed by atoms with E-state index in [4.69, 9.17) is 20.2 Å². The van der Waals surface area contributed by atoms with Crippen LogP contribution in [-0.4, -0.2) is 49.5 Å². The molecule has 1 aliphatic rings. The van der Waals surface area contributed by atoms with Crippen molar-refractivity contribution in [3.05, 3.63) is 51.2 Å². The molecule has 1 aromatic heterocycles. The molecule has 0 unspecified atom stereocenters. The Kier molecular flexibility index (Phi) is 10.3. The van der Waals surface area contributed by atoms with Crippen molar-refractivity contribution < 1.29 is 18.3 Å².